The van der Waals surface area contributed by atoms with Crippen LogP contribution in [-0.2, 0) is 11.3 Å². The highest BCUT2D eigenvalue weighted by Crippen LogP contribution is 2.34. The maximum Gasteiger partial charge on any atom is 0.226 e. The molecule has 1 atom stereocenters. The van der Waals surface area contributed by atoms with Gasteiger partial charge in [-0.05, 0) is 43.0 Å². The molecule has 0 aliphatic rings. The number of rotatable bonds is 5. The second kappa shape index (κ2) is 6.34. The van der Waals surface area contributed by atoms with Crippen LogP contribution in [0.15, 0.2) is 42.0 Å². The minimum atomic E-state index is -0.415. The van der Waals surface area contributed by atoms with Gasteiger partial charge in [0.05, 0.1) is 16.5 Å². The van der Waals surface area contributed by atoms with Crippen LogP contribution in [0.2, 0.25) is 0 Å². The van der Waals surface area contributed by atoms with Gasteiger partial charge in [0.15, 0.2) is 0 Å². The highest BCUT2D eigenvalue weighted by atomic mass is 32.1. The average Bonchev–Trinajstić information content (AvgIpc) is 3.22. The number of thiophene rings is 1. The van der Waals surface area contributed by atoms with E-state index in [1.807, 2.05) is 34.5 Å². The molecule has 23 heavy (non-hydrogen) atoms. The van der Waals surface area contributed by atoms with Gasteiger partial charge < -0.3 is 5.73 Å². The lowest BCUT2D eigenvalue weighted by atomic mass is 10.0. The van der Waals surface area contributed by atoms with Gasteiger partial charge in [0, 0.05) is 24.5 Å². The van der Waals surface area contributed by atoms with Crippen LogP contribution in [0.3, 0.4) is 0 Å². The zero-order chi connectivity index (χ0) is 16.4. The minimum absolute atomic E-state index is 0.377. The standard InChI is InChI=1S/C17H18N4OS/c1-3-21-10-13(16(20-21)15-5-4-8-23-15)12-6-7-19-14(9-12)11(2)17(18)22/h4-11H,3H2,1-2H3,(H2,18,22). The highest BCUT2D eigenvalue weighted by Gasteiger charge is 2.17. The van der Waals surface area contributed by atoms with Gasteiger partial charge in [0.25, 0.3) is 0 Å². The molecule has 0 aliphatic carbocycles. The fourth-order valence-corrected chi connectivity index (χ4v) is 3.11. The molecule has 3 heterocycles. The van der Waals surface area contributed by atoms with Gasteiger partial charge in [-0.15, -0.1) is 11.3 Å². The lowest BCUT2D eigenvalue weighted by Gasteiger charge is -2.08. The summed E-state index contributed by atoms with van der Waals surface area (Å²) in [6.07, 6.45) is 3.74. The van der Waals surface area contributed by atoms with Gasteiger partial charge in [-0.25, -0.2) is 0 Å². The third-order valence-electron chi connectivity index (χ3n) is 3.80. The van der Waals surface area contributed by atoms with Crippen molar-refractivity contribution in [1.29, 1.82) is 0 Å². The molecule has 1 unspecified atom stereocenters. The molecule has 3 aromatic heterocycles. The Balaban J connectivity index is 2.10. The number of primary amides is 1. The van der Waals surface area contributed by atoms with Gasteiger partial charge in [-0.1, -0.05) is 6.07 Å². The Labute approximate surface area is 138 Å². The van der Waals surface area contributed by atoms with Crippen molar-refractivity contribution in [3.05, 3.63) is 47.7 Å². The summed E-state index contributed by atoms with van der Waals surface area (Å²) in [4.78, 5) is 16.8. The smallest absolute Gasteiger partial charge is 0.226 e. The SMILES string of the molecule is CCn1cc(-c2ccnc(C(C)C(N)=O)c2)c(-c2cccs2)n1. The number of carbonyl (C=O) groups is 1. The predicted octanol–water partition coefficient (Wildman–Crippen LogP) is 3.28. The van der Waals surface area contributed by atoms with Crippen molar-refractivity contribution in [3.8, 4) is 21.7 Å². The summed E-state index contributed by atoms with van der Waals surface area (Å²) >= 11 is 1.66. The van der Waals surface area contributed by atoms with Crippen LogP contribution in [0.25, 0.3) is 21.7 Å². The first kappa shape index (κ1) is 15.4. The molecule has 0 saturated carbocycles. The molecule has 2 N–H and O–H groups in total. The van der Waals surface area contributed by atoms with Crippen molar-refractivity contribution < 1.29 is 4.79 Å². The Morgan fingerprint density at radius 1 is 1.43 bits per heavy atom. The van der Waals surface area contributed by atoms with Gasteiger partial charge in [-0.3, -0.25) is 14.5 Å². The van der Waals surface area contributed by atoms with Crippen molar-refractivity contribution in [2.75, 3.05) is 0 Å². The van der Waals surface area contributed by atoms with E-state index < -0.39 is 5.92 Å². The Bertz CT molecular complexity index is 823. The summed E-state index contributed by atoms with van der Waals surface area (Å²) in [5.74, 6) is -0.793. The van der Waals surface area contributed by atoms with Crippen molar-refractivity contribution in [3.63, 3.8) is 0 Å². The summed E-state index contributed by atoms with van der Waals surface area (Å²) < 4.78 is 1.92. The molecule has 0 aliphatic heterocycles. The third kappa shape index (κ3) is 3.03. The van der Waals surface area contributed by atoms with Gasteiger partial charge in [0.1, 0.15) is 5.69 Å². The third-order valence-corrected chi connectivity index (χ3v) is 4.68. The molecule has 0 radical (unpaired) electrons. The fraction of sp³-hybridized carbons (Fsp3) is 0.235. The number of aryl methyl sites for hydroxylation is 1. The zero-order valence-corrected chi connectivity index (χ0v) is 13.9. The average molecular weight is 326 g/mol. The lowest BCUT2D eigenvalue weighted by Crippen LogP contribution is -2.19. The Hall–Kier alpha value is -2.47. The van der Waals surface area contributed by atoms with Crippen molar-refractivity contribution in [1.82, 2.24) is 14.8 Å². The molecule has 6 heteroatoms. The molecule has 0 aromatic carbocycles. The molecule has 0 fully saturated rings. The van der Waals surface area contributed by atoms with E-state index in [-0.39, 0.29) is 5.91 Å². The Morgan fingerprint density at radius 2 is 2.26 bits per heavy atom. The van der Waals surface area contributed by atoms with Gasteiger partial charge >= 0.3 is 0 Å². The number of hydrogen-bond acceptors (Lipinski definition) is 4. The summed E-state index contributed by atoms with van der Waals surface area (Å²) in [5, 5.41) is 6.71. The molecule has 3 rings (SSSR count). The van der Waals surface area contributed by atoms with Gasteiger partial charge in [0.2, 0.25) is 5.91 Å². The molecule has 0 spiro atoms. The maximum absolute atomic E-state index is 11.4. The lowest BCUT2D eigenvalue weighted by molar-refractivity contribution is -0.119. The predicted molar refractivity (Wildman–Crippen MR) is 92.1 cm³/mol. The monoisotopic (exact) mass is 326 g/mol. The van der Waals surface area contributed by atoms with Crippen molar-refractivity contribution >= 4 is 17.2 Å². The van der Waals surface area contributed by atoms with E-state index >= 15 is 0 Å². The zero-order valence-electron chi connectivity index (χ0n) is 13.1. The quantitative estimate of drug-likeness (QED) is 0.782. The Kier molecular flexibility index (Phi) is 4.25. The molecule has 1 amide bonds. The number of amides is 1. The molecular weight excluding hydrogens is 308 g/mol. The van der Waals surface area contributed by atoms with Crippen LogP contribution in [-0.4, -0.2) is 20.7 Å². The van der Waals surface area contributed by atoms with E-state index in [1.165, 1.54) is 0 Å². The minimum Gasteiger partial charge on any atom is -0.369 e. The Morgan fingerprint density at radius 3 is 2.91 bits per heavy atom. The first-order chi connectivity index (χ1) is 11.1. The normalized spacial score (nSPS) is 12.3. The van der Waals surface area contributed by atoms with Crippen LogP contribution in [0, 0.1) is 0 Å². The number of pyridine rings is 1. The van der Waals surface area contributed by atoms with E-state index in [1.54, 1.807) is 24.5 Å². The number of hydrogen-bond donors (Lipinski definition) is 1. The van der Waals surface area contributed by atoms with Crippen LogP contribution in [0.4, 0.5) is 0 Å². The number of aromatic nitrogens is 3. The summed E-state index contributed by atoms with van der Waals surface area (Å²) in [6, 6.07) is 7.93. The largest absolute Gasteiger partial charge is 0.369 e. The summed E-state index contributed by atoms with van der Waals surface area (Å²) in [5.41, 5.74) is 9.05. The first-order valence-electron chi connectivity index (χ1n) is 7.47. The van der Waals surface area contributed by atoms with Crippen LogP contribution >= 0.6 is 11.3 Å². The van der Waals surface area contributed by atoms with E-state index in [0.717, 1.165) is 28.2 Å². The molecule has 0 saturated heterocycles. The van der Waals surface area contributed by atoms with Crippen molar-refractivity contribution in [2.45, 2.75) is 26.3 Å². The summed E-state index contributed by atoms with van der Waals surface area (Å²) in [7, 11) is 0. The first-order valence-corrected chi connectivity index (χ1v) is 8.35. The molecule has 118 valence electrons. The van der Waals surface area contributed by atoms with Gasteiger partial charge in [-0.2, -0.15) is 5.10 Å². The molecular formula is C17H18N4OS. The molecule has 3 aromatic rings. The van der Waals surface area contributed by atoms with Crippen molar-refractivity contribution in [2.24, 2.45) is 5.73 Å². The fourth-order valence-electron chi connectivity index (χ4n) is 2.39. The van der Waals surface area contributed by atoms with Crippen LogP contribution < -0.4 is 5.73 Å². The number of carbonyl (C=O) groups excluding carboxylic acids is 1. The van der Waals surface area contributed by atoms with E-state index in [0.29, 0.717) is 5.69 Å². The molecule has 0 bridgehead atoms. The van der Waals surface area contributed by atoms with E-state index in [9.17, 15) is 4.79 Å². The van der Waals surface area contributed by atoms with Crippen LogP contribution in [0.5, 0.6) is 0 Å². The molecule has 5 nitrogen and oxygen atoms in total. The second-order valence-corrected chi connectivity index (χ2v) is 6.27. The van der Waals surface area contributed by atoms with E-state index in [2.05, 4.69) is 23.1 Å². The summed E-state index contributed by atoms with van der Waals surface area (Å²) in [6.45, 7) is 4.63. The second-order valence-electron chi connectivity index (χ2n) is 5.32. The van der Waals surface area contributed by atoms with Crippen LogP contribution in [0.1, 0.15) is 25.5 Å². The maximum atomic E-state index is 11.4. The topological polar surface area (TPSA) is 73.8 Å². The number of nitrogens with two attached hydrogens (primary N) is 1. The van der Waals surface area contributed by atoms with E-state index in [4.69, 9.17) is 5.73 Å². The highest BCUT2D eigenvalue weighted by molar-refractivity contribution is 7.13. The number of nitrogens with zero attached hydrogens (tertiary/aromatic N) is 3.